The van der Waals surface area contributed by atoms with Crippen molar-refractivity contribution in [1.29, 1.82) is 0 Å². The van der Waals surface area contributed by atoms with Gasteiger partial charge in [0.05, 0.1) is 32.4 Å². The van der Waals surface area contributed by atoms with Gasteiger partial charge < -0.3 is 19.3 Å². The molecule has 1 amide bonds. The van der Waals surface area contributed by atoms with Crippen molar-refractivity contribution in [3.05, 3.63) is 107 Å². The Morgan fingerprint density at radius 3 is 2.49 bits per heavy atom. The molecule has 1 aliphatic rings. The van der Waals surface area contributed by atoms with Crippen molar-refractivity contribution in [2.45, 2.75) is 42.3 Å². The van der Waals surface area contributed by atoms with Crippen LogP contribution in [-0.4, -0.2) is 47.8 Å². The molecule has 252 valence electrons. The van der Waals surface area contributed by atoms with Gasteiger partial charge in [-0.05, 0) is 58.7 Å². The number of carbonyl (C=O) groups is 2. The van der Waals surface area contributed by atoms with Crippen LogP contribution < -0.4 is 19.1 Å². The van der Waals surface area contributed by atoms with E-state index in [-0.39, 0.29) is 22.0 Å². The number of unbranched alkanes of at least 4 members (excludes halogenated alkanes) is 2. The number of aliphatic hydroxyl groups is 1. The lowest BCUT2D eigenvalue weighted by Crippen LogP contribution is -2.29. The van der Waals surface area contributed by atoms with E-state index in [2.05, 4.69) is 41.4 Å². The molecule has 2 heterocycles. The van der Waals surface area contributed by atoms with Gasteiger partial charge >= 0.3 is 5.91 Å². The van der Waals surface area contributed by atoms with E-state index in [0.29, 0.717) is 33.8 Å². The predicted molar refractivity (Wildman–Crippen MR) is 189 cm³/mol. The average molecular weight is 700 g/mol. The third-order valence-corrected chi connectivity index (χ3v) is 10.3. The maximum atomic E-state index is 14.7. The highest BCUT2D eigenvalue weighted by Crippen LogP contribution is 2.46. The second-order valence-corrected chi connectivity index (χ2v) is 13.4. The van der Waals surface area contributed by atoms with Crippen molar-refractivity contribution in [1.82, 2.24) is 10.2 Å². The summed E-state index contributed by atoms with van der Waals surface area (Å²) in [6.45, 7) is 2.60. The lowest BCUT2D eigenvalue weighted by atomic mass is 9.95. The molecular weight excluding hydrogens is 666 g/mol. The number of aliphatic hydroxyl groups excluding tert-OH is 1. The molecule has 1 atom stereocenters. The van der Waals surface area contributed by atoms with Crippen molar-refractivity contribution in [3.63, 3.8) is 0 Å². The van der Waals surface area contributed by atoms with Gasteiger partial charge in [-0.15, -0.1) is 10.2 Å². The summed E-state index contributed by atoms with van der Waals surface area (Å²) >= 11 is 2.63. The van der Waals surface area contributed by atoms with Gasteiger partial charge in [0.1, 0.15) is 5.76 Å². The fourth-order valence-electron chi connectivity index (χ4n) is 5.74. The van der Waals surface area contributed by atoms with Crippen molar-refractivity contribution in [2.24, 2.45) is 0 Å². The van der Waals surface area contributed by atoms with Crippen LogP contribution in [0.4, 0.5) is 9.52 Å². The van der Waals surface area contributed by atoms with Crippen LogP contribution in [0.5, 0.6) is 17.2 Å². The van der Waals surface area contributed by atoms with Crippen molar-refractivity contribution >= 4 is 56.5 Å². The number of amides is 1. The van der Waals surface area contributed by atoms with Crippen LogP contribution >= 0.6 is 23.1 Å². The lowest BCUT2D eigenvalue weighted by molar-refractivity contribution is -0.132. The number of nitrogens with zero attached hydrogens (tertiary/aromatic N) is 3. The highest BCUT2D eigenvalue weighted by atomic mass is 32.2. The van der Waals surface area contributed by atoms with Crippen LogP contribution in [0.25, 0.3) is 16.5 Å². The number of aromatic nitrogens is 2. The molecule has 0 saturated carbocycles. The molecule has 4 aromatic carbocycles. The summed E-state index contributed by atoms with van der Waals surface area (Å²) in [7, 11) is 2.82. The maximum absolute atomic E-state index is 14.7. The topological polar surface area (TPSA) is 111 Å². The number of benzene rings is 4. The molecule has 1 aliphatic heterocycles. The number of carbonyl (C=O) groups excluding carboxylic acids is 2. The standard InChI is InChI=1S/C37H34FN3O6S2/c1-4-5-8-18-47-29-17-14-23(20-30(29)46-3)32-31(33(42)24-15-16-28(45-2)27(38)19-24)34(43)35(44)41(32)36-39-40-37(49-36)48-21-25-12-9-11-22-10-6-7-13-26(22)25/h6-7,9-17,19-20,32,42H,4-5,8,18,21H2,1-3H3. The number of Topliss-reactive ketones (excluding diaryl/α,β-unsaturated/α-hetero) is 1. The van der Waals surface area contributed by atoms with Gasteiger partial charge in [-0.1, -0.05) is 91.4 Å². The second kappa shape index (κ2) is 15.1. The van der Waals surface area contributed by atoms with Crippen molar-refractivity contribution in [2.75, 3.05) is 25.7 Å². The van der Waals surface area contributed by atoms with Gasteiger partial charge in [-0.25, -0.2) is 4.39 Å². The molecule has 6 rings (SSSR count). The van der Waals surface area contributed by atoms with E-state index < -0.39 is 29.3 Å². The number of anilines is 1. The highest BCUT2D eigenvalue weighted by molar-refractivity contribution is 8.00. The predicted octanol–water partition coefficient (Wildman–Crippen LogP) is 8.34. The lowest BCUT2D eigenvalue weighted by Gasteiger charge is -2.23. The first-order valence-corrected chi connectivity index (χ1v) is 17.5. The van der Waals surface area contributed by atoms with E-state index in [1.165, 1.54) is 43.0 Å². The maximum Gasteiger partial charge on any atom is 0.301 e. The number of ketones is 1. The van der Waals surface area contributed by atoms with E-state index in [9.17, 15) is 19.1 Å². The zero-order valence-electron chi connectivity index (χ0n) is 27.1. The Hall–Kier alpha value is -4.94. The van der Waals surface area contributed by atoms with Crippen LogP contribution in [0.3, 0.4) is 0 Å². The van der Waals surface area contributed by atoms with Gasteiger partial charge in [0.25, 0.3) is 5.78 Å². The van der Waals surface area contributed by atoms with Gasteiger partial charge in [0.2, 0.25) is 5.13 Å². The van der Waals surface area contributed by atoms with Gasteiger partial charge in [-0.2, -0.15) is 0 Å². The van der Waals surface area contributed by atoms with Crippen LogP contribution in [-0.2, 0) is 15.3 Å². The van der Waals surface area contributed by atoms with E-state index in [1.807, 2.05) is 18.2 Å². The third-order valence-electron chi connectivity index (χ3n) is 8.21. The summed E-state index contributed by atoms with van der Waals surface area (Å²) in [5.74, 6) is -1.66. The zero-order chi connectivity index (χ0) is 34.5. The van der Waals surface area contributed by atoms with Gasteiger partial charge in [0.15, 0.2) is 27.4 Å². The van der Waals surface area contributed by atoms with Gasteiger partial charge in [0, 0.05) is 11.3 Å². The zero-order valence-corrected chi connectivity index (χ0v) is 28.8. The summed E-state index contributed by atoms with van der Waals surface area (Å²) in [6.07, 6.45) is 2.94. The molecule has 12 heteroatoms. The number of halogens is 1. The van der Waals surface area contributed by atoms with E-state index >= 15 is 0 Å². The van der Waals surface area contributed by atoms with Crippen LogP contribution in [0.2, 0.25) is 0 Å². The smallest absolute Gasteiger partial charge is 0.301 e. The number of thioether (sulfide) groups is 1. The quantitative estimate of drug-likeness (QED) is 0.0324. The molecule has 0 aliphatic carbocycles. The first-order chi connectivity index (χ1) is 23.8. The van der Waals surface area contributed by atoms with E-state index in [0.717, 1.165) is 53.0 Å². The van der Waals surface area contributed by atoms with Crippen LogP contribution in [0.1, 0.15) is 48.9 Å². The molecular formula is C37H34FN3O6S2. The van der Waals surface area contributed by atoms with Crippen LogP contribution in [0, 0.1) is 5.82 Å². The number of rotatable bonds is 13. The highest BCUT2D eigenvalue weighted by Gasteiger charge is 2.48. The molecule has 0 radical (unpaired) electrons. The Morgan fingerprint density at radius 2 is 1.71 bits per heavy atom. The summed E-state index contributed by atoms with van der Waals surface area (Å²) in [6, 6.07) is 22.0. The first-order valence-electron chi connectivity index (χ1n) is 15.7. The fraction of sp³-hybridized carbons (Fsp3) is 0.243. The molecule has 0 bridgehead atoms. The normalized spacial score (nSPS) is 15.6. The summed E-state index contributed by atoms with van der Waals surface area (Å²) in [4.78, 5) is 28.7. The minimum absolute atomic E-state index is 0.00717. The molecule has 1 N–H and O–H groups in total. The number of ether oxygens (including phenoxy) is 3. The minimum Gasteiger partial charge on any atom is -0.507 e. The Morgan fingerprint density at radius 1 is 0.939 bits per heavy atom. The van der Waals surface area contributed by atoms with Crippen LogP contribution in [0.15, 0.2) is 88.8 Å². The molecule has 1 unspecified atom stereocenters. The van der Waals surface area contributed by atoms with Gasteiger partial charge in [-0.3, -0.25) is 14.5 Å². The SMILES string of the molecule is CCCCCOc1ccc(C2C(=C(O)c3ccc(OC)c(F)c3)C(=O)C(=O)N2c2nnc(SCc3cccc4ccccc34)s2)cc1OC. The summed E-state index contributed by atoms with van der Waals surface area (Å²) in [5, 5.41) is 22.6. The fourth-order valence-corrected chi connectivity index (χ4v) is 7.61. The average Bonchev–Trinajstić information content (AvgIpc) is 3.70. The van der Waals surface area contributed by atoms with E-state index in [4.69, 9.17) is 14.2 Å². The first kappa shape index (κ1) is 33.9. The molecule has 5 aromatic rings. The molecule has 1 aromatic heterocycles. The molecule has 1 saturated heterocycles. The van der Waals surface area contributed by atoms with E-state index in [1.54, 1.807) is 18.2 Å². The minimum atomic E-state index is -1.13. The van der Waals surface area contributed by atoms with Crippen molar-refractivity contribution < 1.29 is 33.3 Å². The third kappa shape index (κ3) is 6.97. The summed E-state index contributed by atoms with van der Waals surface area (Å²) < 4.78 is 32.0. The Balaban J connectivity index is 1.38. The summed E-state index contributed by atoms with van der Waals surface area (Å²) in [5.41, 5.74) is 1.35. The molecule has 9 nitrogen and oxygen atoms in total. The number of hydrogen-bond acceptors (Lipinski definition) is 10. The number of hydrogen-bond donors (Lipinski definition) is 1. The number of methoxy groups -OCH3 is 2. The molecule has 49 heavy (non-hydrogen) atoms. The Bertz CT molecular complexity index is 2040. The Kier molecular flexibility index (Phi) is 10.4. The number of fused-ring (bicyclic) bond motifs is 1. The molecule has 1 fully saturated rings. The monoisotopic (exact) mass is 699 g/mol. The molecule has 0 spiro atoms. The largest absolute Gasteiger partial charge is 0.507 e. The second-order valence-electron chi connectivity index (χ2n) is 11.3. The van der Waals surface area contributed by atoms with Crippen molar-refractivity contribution in [3.8, 4) is 17.2 Å². The Labute approximate surface area is 291 Å².